The van der Waals surface area contributed by atoms with Gasteiger partial charge in [0.2, 0.25) is 0 Å². The number of anilines is 2. The summed E-state index contributed by atoms with van der Waals surface area (Å²) in [7, 11) is 1.49. The Morgan fingerprint density at radius 2 is 1.90 bits per heavy atom. The van der Waals surface area contributed by atoms with E-state index in [-0.39, 0.29) is 54.9 Å². The summed E-state index contributed by atoms with van der Waals surface area (Å²) < 4.78 is 13.3. The van der Waals surface area contributed by atoms with E-state index in [4.69, 9.17) is 26.3 Å². The van der Waals surface area contributed by atoms with Crippen molar-refractivity contribution >= 4 is 45.8 Å². The molecule has 1 atom stereocenters. The molecule has 3 aromatic rings. The van der Waals surface area contributed by atoms with Crippen molar-refractivity contribution in [1.29, 1.82) is 5.26 Å². The van der Waals surface area contributed by atoms with Crippen LogP contribution in [0.5, 0.6) is 0 Å². The van der Waals surface area contributed by atoms with E-state index in [1.165, 1.54) is 34.8 Å². The second-order valence-electron chi connectivity index (χ2n) is 9.46. The molecule has 1 aliphatic rings. The van der Waals surface area contributed by atoms with E-state index in [0.29, 0.717) is 16.9 Å². The maximum Gasteiger partial charge on any atom is 0.331 e. The zero-order valence-corrected chi connectivity index (χ0v) is 23.0. The van der Waals surface area contributed by atoms with Crippen molar-refractivity contribution in [3.63, 3.8) is 0 Å². The number of ether oxygens (including phenoxy) is 2. The third-order valence-corrected chi connectivity index (χ3v) is 6.77. The van der Waals surface area contributed by atoms with Crippen molar-refractivity contribution in [2.24, 2.45) is 0 Å². The molecule has 0 saturated carbocycles. The number of fused-ring (bicyclic) bond motifs is 1. The number of benzene rings is 2. The Bertz CT molecular complexity index is 1610. The monoisotopic (exact) mass is 568 g/mol. The van der Waals surface area contributed by atoms with Gasteiger partial charge in [-0.15, -0.1) is 0 Å². The van der Waals surface area contributed by atoms with Gasteiger partial charge in [-0.1, -0.05) is 11.6 Å². The summed E-state index contributed by atoms with van der Waals surface area (Å²) in [5, 5.41) is 15.0. The van der Waals surface area contributed by atoms with E-state index < -0.39 is 29.3 Å². The Labute approximate surface area is 234 Å². The van der Waals surface area contributed by atoms with E-state index in [1.54, 1.807) is 18.2 Å². The predicted octanol–water partition coefficient (Wildman–Crippen LogP) is 2.79. The highest BCUT2D eigenvalue weighted by Gasteiger charge is 2.30. The van der Waals surface area contributed by atoms with Gasteiger partial charge in [-0.3, -0.25) is 18.7 Å². The van der Waals surface area contributed by atoms with Crippen molar-refractivity contribution in [2.75, 3.05) is 44.0 Å². The highest BCUT2D eigenvalue weighted by atomic mass is 35.5. The number of hydrogen-bond acceptors (Lipinski definition) is 7. The molecule has 2 aromatic carbocycles. The number of hydrogen-bond donors (Lipinski definition) is 2. The number of carbonyl (C=O) groups is 2. The number of nitriles is 1. The van der Waals surface area contributed by atoms with Crippen LogP contribution >= 0.6 is 11.6 Å². The fourth-order valence-corrected chi connectivity index (χ4v) is 4.66. The zero-order chi connectivity index (χ0) is 29.0. The van der Waals surface area contributed by atoms with E-state index >= 15 is 0 Å². The van der Waals surface area contributed by atoms with Crippen LogP contribution in [0.3, 0.4) is 0 Å². The molecular weight excluding hydrogens is 540 g/mol. The molecular formula is C27H29ClN6O6. The van der Waals surface area contributed by atoms with Gasteiger partial charge in [0.05, 0.1) is 47.8 Å². The number of morpholine rings is 1. The largest absolute Gasteiger partial charge is 0.383 e. The number of aromatic nitrogens is 2. The van der Waals surface area contributed by atoms with E-state index in [0.717, 1.165) is 4.57 Å². The van der Waals surface area contributed by atoms with E-state index in [2.05, 4.69) is 10.6 Å². The summed E-state index contributed by atoms with van der Waals surface area (Å²) in [6, 6.07) is 10.6. The molecule has 1 saturated heterocycles. The number of amides is 3. The van der Waals surface area contributed by atoms with Gasteiger partial charge in [-0.25, -0.2) is 9.59 Å². The summed E-state index contributed by atoms with van der Waals surface area (Å²) in [6.07, 6.45) is -0.931. The Kier molecular flexibility index (Phi) is 8.89. The average Bonchev–Trinajstić information content (AvgIpc) is 2.93. The standard InChI is InChI=1S/C27H29ClN6O6/c1-16(2)34-22-7-6-18(12-20(22)25(36)33(27(34)38)9-10-39-3)31-26(37)32-8-11-40-23(15-32)24(35)30-19-5-4-17(14-29)21(28)13-19/h4-7,12-13,16,23H,8-11,15H2,1-3H3,(H,30,35)(H,31,37)/t23-/m1/s1. The molecule has 13 heteroatoms. The third kappa shape index (κ3) is 6.02. The van der Waals surface area contributed by atoms with Gasteiger partial charge in [0.25, 0.3) is 11.5 Å². The Morgan fingerprint density at radius 1 is 1.18 bits per heavy atom. The molecule has 1 fully saturated rings. The van der Waals surface area contributed by atoms with Crippen LogP contribution in [0.15, 0.2) is 46.0 Å². The number of carbonyl (C=O) groups excluding carboxylic acids is 2. The van der Waals surface area contributed by atoms with Crippen LogP contribution in [-0.4, -0.2) is 65.5 Å². The third-order valence-electron chi connectivity index (χ3n) is 6.46. The fraction of sp³-hybridized carbons (Fsp3) is 0.370. The molecule has 1 aromatic heterocycles. The molecule has 2 N–H and O–H groups in total. The highest BCUT2D eigenvalue weighted by molar-refractivity contribution is 6.32. The Hall–Kier alpha value is -4.18. The molecule has 2 heterocycles. The van der Waals surface area contributed by atoms with Crippen molar-refractivity contribution in [1.82, 2.24) is 14.0 Å². The van der Waals surface area contributed by atoms with Gasteiger partial charge in [0.1, 0.15) is 6.07 Å². The normalized spacial score (nSPS) is 15.2. The van der Waals surface area contributed by atoms with E-state index in [1.807, 2.05) is 19.9 Å². The number of nitrogens with one attached hydrogen (secondary N) is 2. The summed E-state index contributed by atoms with van der Waals surface area (Å²) in [5.41, 5.74) is 0.598. The van der Waals surface area contributed by atoms with Gasteiger partial charge in [0.15, 0.2) is 6.10 Å². The molecule has 12 nitrogen and oxygen atoms in total. The summed E-state index contributed by atoms with van der Waals surface area (Å²) in [5.74, 6) is -0.466. The lowest BCUT2D eigenvalue weighted by atomic mass is 10.2. The van der Waals surface area contributed by atoms with Crippen LogP contribution < -0.4 is 21.9 Å². The minimum Gasteiger partial charge on any atom is -0.383 e. The number of rotatable bonds is 7. The number of urea groups is 1. The smallest absolute Gasteiger partial charge is 0.331 e. The van der Waals surface area contributed by atoms with Gasteiger partial charge in [-0.2, -0.15) is 5.26 Å². The van der Waals surface area contributed by atoms with Crippen LogP contribution in [0.2, 0.25) is 5.02 Å². The Balaban J connectivity index is 1.51. The summed E-state index contributed by atoms with van der Waals surface area (Å²) >= 11 is 6.04. The first-order chi connectivity index (χ1) is 19.1. The molecule has 40 heavy (non-hydrogen) atoms. The van der Waals surface area contributed by atoms with Crippen LogP contribution in [0.25, 0.3) is 10.9 Å². The maximum atomic E-state index is 13.2. The number of halogens is 1. The first-order valence-electron chi connectivity index (χ1n) is 12.6. The van der Waals surface area contributed by atoms with Crippen LogP contribution in [0.4, 0.5) is 16.2 Å². The topological polar surface area (TPSA) is 148 Å². The van der Waals surface area contributed by atoms with Crippen molar-refractivity contribution in [3.05, 3.63) is 67.8 Å². The Morgan fingerprint density at radius 3 is 2.58 bits per heavy atom. The minimum atomic E-state index is -0.931. The lowest BCUT2D eigenvalue weighted by Gasteiger charge is -2.32. The van der Waals surface area contributed by atoms with Gasteiger partial charge >= 0.3 is 11.7 Å². The van der Waals surface area contributed by atoms with Crippen molar-refractivity contribution in [2.45, 2.75) is 32.5 Å². The lowest BCUT2D eigenvalue weighted by molar-refractivity contribution is -0.131. The predicted molar refractivity (Wildman–Crippen MR) is 150 cm³/mol. The van der Waals surface area contributed by atoms with Crippen LogP contribution in [0.1, 0.15) is 25.5 Å². The van der Waals surface area contributed by atoms with Crippen molar-refractivity contribution in [3.8, 4) is 6.07 Å². The van der Waals surface area contributed by atoms with Crippen LogP contribution in [-0.2, 0) is 20.8 Å². The molecule has 3 amide bonds. The molecule has 0 unspecified atom stereocenters. The number of nitrogens with zero attached hydrogens (tertiary/aromatic N) is 4. The second kappa shape index (κ2) is 12.3. The average molecular weight is 569 g/mol. The van der Waals surface area contributed by atoms with Crippen molar-refractivity contribution < 1.29 is 19.1 Å². The maximum absolute atomic E-state index is 13.2. The molecule has 0 radical (unpaired) electrons. The SMILES string of the molecule is COCCn1c(=O)c2cc(NC(=O)N3CCO[C@@H](C(=O)Nc4ccc(C#N)c(Cl)c4)C3)ccc2n(C(C)C)c1=O. The molecule has 1 aliphatic heterocycles. The summed E-state index contributed by atoms with van der Waals surface area (Å²) in [4.78, 5) is 53.5. The molecule has 0 spiro atoms. The lowest BCUT2D eigenvalue weighted by Crippen LogP contribution is -2.51. The van der Waals surface area contributed by atoms with Gasteiger partial charge in [0, 0.05) is 31.1 Å². The molecule has 0 bridgehead atoms. The van der Waals surface area contributed by atoms with E-state index in [9.17, 15) is 19.2 Å². The first kappa shape index (κ1) is 28.8. The second-order valence-corrected chi connectivity index (χ2v) is 9.87. The van der Waals surface area contributed by atoms with Gasteiger partial charge < -0.3 is 25.0 Å². The number of methoxy groups -OCH3 is 1. The van der Waals surface area contributed by atoms with Gasteiger partial charge in [-0.05, 0) is 50.2 Å². The summed E-state index contributed by atoms with van der Waals surface area (Å²) in [6.45, 7) is 4.38. The molecule has 0 aliphatic carbocycles. The zero-order valence-electron chi connectivity index (χ0n) is 22.3. The quantitative estimate of drug-likeness (QED) is 0.445. The molecule has 210 valence electrons. The van der Waals surface area contributed by atoms with Crippen LogP contribution in [0, 0.1) is 11.3 Å². The fourth-order valence-electron chi connectivity index (χ4n) is 4.44. The first-order valence-corrected chi connectivity index (χ1v) is 13.0. The minimum absolute atomic E-state index is 0.00796. The highest BCUT2D eigenvalue weighted by Crippen LogP contribution is 2.22. The molecule has 4 rings (SSSR count).